The molecule has 39 heavy (non-hydrogen) atoms. The molecule has 2 aliphatic rings. The summed E-state index contributed by atoms with van der Waals surface area (Å²) in [4.78, 5) is 26.0. The Morgan fingerprint density at radius 3 is 2.74 bits per heavy atom. The van der Waals surface area contributed by atoms with Crippen LogP contribution in [0.4, 0.5) is 26.4 Å². The van der Waals surface area contributed by atoms with Gasteiger partial charge in [0.15, 0.2) is 0 Å². The highest BCUT2D eigenvalue weighted by molar-refractivity contribution is 6.00. The first-order chi connectivity index (χ1) is 18.9. The number of aryl methyl sites for hydroxylation is 1. The van der Waals surface area contributed by atoms with Crippen molar-refractivity contribution in [2.45, 2.75) is 59.0 Å². The number of hydrogen-bond donors (Lipinski definition) is 1. The summed E-state index contributed by atoms with van der Waals surface area (Å²) in [5.41, 5.74) is 1.68. The summed E-state index contributed by atoms with van der Waals surface area (Å²) in [5, 5.41) is 3.81. The minimum Gasteiger partial charge on any atom is -0.494 e. The molecule has 1 aromatic heterocycles. The predicted molar refractivity (Wildman–Crippen MR) is 154 cm³/mol. The number of halogens is 1. The Bertz CT molecular complexity index is 1320. The molecule has 1 N–H and O–H groups in total. The molecular formula is C30H40FN5O3. The van der Waals surface area contributed by atoms with E-state index >= 15 is 4.39 Å². The maximum absolute atomic E-state index is 15.1. The lowest BCUT2D eigenvalue weighted by atomic mass is 9.79. The molecule has 2 atom stereocenters. The SMILES string of the molecule is CC.CCCc1cccc(Nc2ncnc3cc(OC)c(N4CC5(CCN(C)CC5CC)OC4=O)cc23)c1F. The van der Waals surface area contributed by atoms with Crippen molar-refractivity contribution in [1.82, 2.24) is 14.9 Å². The fourth-order valence-corrected chi connectivity index (χ4v) is 5.65. The number of nitrogens with zero attached hydrogens (tertiary/aromatic N) is 4. The molecule has 9 heteroatoms. The predicted octanol–water partition coefficient (Wildman–Crippen LogP) is 6.56. The van der Waals surface area contributed by atoms with E-state index in [1.807, 2.05) is 32.9 Å². The molecule has 210 valence electrons. The number of fused-ring (bicyclic) bond motifs is 1. The second-order valence-electron chi connectivity index (χ2n) is 10.1. The van der Waals surface area contributed by atoms with E-state index in [2.05, 4.69) is 34.2 Å². The highest BCUT2D eigenvalue weighted by atomic mass is 19.1. The minimum atomic E-state index is -0.532. The van der Waals surface area contributed by atoms with E-state index < -0.39 is 5.60 Å². The molecule has 3 heterocycles. The van der Waals surface area contributed by atoms with Gasteiger partial charge in [-0.3, -0.25) is 4.90 Å². The average molecular weight is 538 g/mol. The van der Waals surface area contributed by atoms with Crippen molar-refractivity contribution in [3.05, 3.63) is 48.0 Å². The maximum Gasteiger partial charge on any atom is 0.415 e. The Labute approximate surface area is 230 Å². The Balaban J connectivity index is 0.00000172. The number of hydrogen-bond acceptors (Lipinski definition) is 7. The van der Waals surface area contributed by atoms with Gasteiger partial charge >= 0.3 is 6.09 Å². The normalized spacial score (nSPS) is 21.1. The fourth-order valence-electron chi connectivity index (χ4n) is 5.65. The Kier molecular flexibility index (Phi) is 8.90. The van der Waals surface area contributed by atoms with Crippen molar-refractivity contribution in [2.75, 3.05) is 44.0 Å². The molecule has 2 unspecified atom stereocenters. The molecule has 0 saturated carbocycles. The summed E-state index contributed by atoms with van der Waals surface area (Å²) in [6, 6.07) is 8.94. The van der Waals surface area contributed by atoms with Crippen LogP contribution in [0.25, 0.3) is 10.9 Å². The van der Waals surface area contributed by atoms with Crippen molar-refractivity contribution in [3.63, 3.8) is 0 Å². The van der Waals surface area contributed by atoms with Crippen LogP contribution in [-0.4, -0.2) is 60.4 Å². The number of methoxy groups -OCH3 is 1. The average Bonchev–Trinajstić information content (AvgIpc) is 3.29. The Hall–Kier alpha value is -3.46. The van der Waals surface area contributed by atoms with Gasteiger partial charge in [0.2, 0.25) is 0 Å². The second-order valence-corrected chi connectivity index (χ2v) is 10.1. The van der Waals surface area contributed by atoms with E-state index in [1.165, 1.54) is 6.33 Å². The van der Waals surface area contributed by atoms with E-state index in [4.69, 9.17) is 9.47 Å². The third-order valence-electron chi connectivity index (χ3n) is 7.70. The molecule has 2 fully saturated rings. The lowest BCUT2D eigenvalue weighted by Crippen LogP contribution is -2.53. The molecule has 2 aliphatic heterocycles. The zero-order valence-electron chi connectivity index (χ0n) is 23.9. The molecule has 8 nitrogen and oxygen atoms in total. The van der Waals surface area contributed by atoms with Gasteiger partial charge in [0.25, 0.3) is 0 Å². The number of nitrogens with one attached hydrogen (secondary N) is 1. The summed E-state index contributed by atoms with van der Waals surface area (Å²) in [5.74, 6) is 0.922. The molecule has 0 aliphatic carbocycles. The van der Waals surface area contributed by atoms with Gasteiger partial charge in [-0.15, -0.1) is 0 Å². The molecule has 1 amide bonds. The standard InChI is InChI=1S/C28H34FN5O3.C2H6/c1-5-8-18-9-7-10-21(25(18)29)32-26-20-13-23(24(36-4)14-22(20)30-17-31-26)34-16-28(37-27(34)35)11-12-33(3)15-19(28)6-2;1-2/h7,9-10,13-14,17,19H,5-6,8,11-12,15-16H2,1-4H3,(H,30,31,32);1-2H3. The number of aromatic nitrogens is 2. The summed E-state index contributed by atoms with van der Waals surface area (Å²) in [7, 11) is 3.67. The van der Waals surface area contributed by atoms with Crippen LogP contribution in [0.1, 0.15) is 52.5 Å². The molecule has 1 spiro atoms. The molecule has 3 aromatic rings. The number of benzene rings is 2. The lowest BCUT2D eigenvalue weighted by molar-refractivity contribution is -0.0437. The van der Waals surface area contributed by atoms with Gasteiger partial charge in [-0.2, -0.15) is 0 Å². The monoisotopic (exact) mass is 537 g/mol. The molecule has 2 saturated heterocycles. The van der Waals surface area contributed by atoms with Crippen molar-refractivity contribution >= 4 is 34.2 Å². The van der Waals surface area contributed by atoms with Gasteiger partial charge in [-0.05, 0) is 37.6 Å². The second kappa shape index (κ2) is 12.2. The maximum atomic E-state index is 15.1. The zero-order valence-corrected chi connectivity index (χ0v) is 23.9. The van der Waals surface area contributed by atoms with Crippen LogP contribution >= 0.6 is 0 Å². The van der Waals surface area contributed by atoms with Crippen molar-refractivity contribution < 1.29 is 18.7 Å². The number of carbonyl (C=O) groups is 1. The van der Waals surface area contributed by atoms with E-state index in [0.29, 0.717) is 52.4 Å². The highest BCUT2D eigenvalue weighted by Crippen LogP contribution is 2.44. The van der Waals surface area contributed by atoms with E-state index in [0.717, 1.165) is 32.4 Å². The van der Waals surface area contributed by atoms with Crippen LogP contribution in [-0.2, 0) is 11.2 Å². The minimum absolute atomic E-state index is 0.241. The topological polar surface area (TPSA) is 79.8 Å². The zero-order chi connectivity index (χ0) is 28.2. The Morgan fingerprint density at radius 2 is 2.03 bits per heavy atom. The van der Waals surface area contributed by atoms with E-state index in [1.54, 1.807) is 30.2 Å². The third kappa shape index (κ3) is 5.50. The van der Waals surface area contributed by atoms with E-state index in [9.17, 15) is 4.79 Å². The number of amides is 1. The van der Waals surface area contributed by atoms with Crippen molar-refractivity contribution in [1.29, 1.82) is 0 Å². The van der Waals surface area contributed by atoms with Crippen LogP contribution in [0, 0.1) is 11.7 Å². The number of ether oxygens (including phenoxy) is 2. The first kappa shape index (κ1) is 28.5. The summed E-state index contributed by atoms with van der Waals surface area (Å²) in [6.07, 6.45) is 4.25. The van der Waals surface area contributed by atoms with Crippen LogP contribution in [0.2, 0.25) is 0 Å². The fraction of sp³-hybridized carbons (Fsp3) is 0.500. The summed E-state index contributed by atoms with van der Waals surface area (Å²) < 4.78 is 26.9. The van der Waals surface area contributed by atoms with Crippen LogP contribution in [0.15, 0.2) is 36.7 Å². The lowest BCUT2D eigenvalue weighted by Gasteiger charge is -2.42. The summed E-state index contributed by atoms with van der Waals surface area (Å²) >= 11 is 0. The van der Waals surface area contributed by atoms with Gasteiger partial charge < -0.3 is 19.7 Å². The number of likely N-dealkylation sites (tertiary alicyclic amines) is 1. The molecule has 5 rings (SSSR count). The number of carbonyl (C=O) groups excluding carboxylic acids is 1. The van der Waals surface area contributed by atoms with Crippen molar-refractivity contribution in [2.24, 2.45) is 5.92 Å². The van der Waals surface area contributed by atoms with Gasteiger partial charge in [0, 0.05) is 36.9 Å². The number of piperidine rings is 1. The number of rotatable bonds is 7. The smallest absolute Gasteiger partial charge is 0.415 e. The Morgan fingerprint density at radius 1 is 1.23 bits per heavy atom. The van der Waals surface area contributed by atoms with Crippen LogP contribution in [0.3, 0.4) is 0 Å². The highest BCUT2D eigenvalue weighted by Gasteiger charge is 2.52. The van der Waals surface area contributed by atoms with Crippen LogP contribution in [0.5, 0.6) is 5.75 Å². The number of anilines is 3. The molecule has 0 bridgehead atoms. The molecule has 0 radical (unpaired) electrons. The van der Waals surface area contributed by atoms with Gasteiger partial charge in [-0.25, -0.2) is 19.2 Å². The van der Waals surface area contributed by atoms with Crippen LogP contribution < -0.4 is 15.0 Å². The molecule has 2 aromatic carbocycles. The third-order valence-corrected chi connectivity index (χ3v) is 7.70. The molecular weight excluding hydrogens is 497 g/mol. The summed E-state index contributed by atoms with van der Waals surface area (Å²) in [6.45, 7) is 10.4. The first-order valence-electron chi connectivity index (χ1n) is 13.9. The first-order valence-corrected chi connectivity index (χ1v) is 13.9. The van der Waals surface area contributed by atoms with Gasteiger partial charge in [0.05, 0.1) is 30.5 Å². The largest absolute Gasteiger partial charge is 0.494 e. The van der Waals surface area contributed by atoms with E-state index in [-0.39, 0.29) is 17.8 Å². The van der Waals surface area contributed by atoms with Gasteiger partial charge in [-0.1, -0.05) is 46.2 Å². The van der Waals surface area contributed by atoms with Crippen molar-refractivity contribution in [3.8, 4) is 5.75 Å². The quantitative estimate of drug-likeness (QED) is 0.366. The van der Waals surface area contributed by atoms with Gasteiger partial charge in [0.1, 0.15) is 29.3 Å².